The number of hydrogen-bond acceptors (Lipinski definition) is 4. The van der Waals surface area contributed by atoms with Gasteiger partial charge in [0.1, 0.15) is 0 Å². The lowest BCUT2D eigenvalue weighted by atomic mass is 10.2. The standard InChI is InChI=1S/C17H13BrN4O2S/c18-15-5-1-4-14(7-15)12-22(16-10-20-21-11-16)25(23,24)17-6-2-3-13(8-17)9-19/h1-8,10-11H,12H2,(H,20,21). The van der Waals surface area contributed by atoms with Gasteiger partial charge in [0.2, 0.25) is 0 Å². The van der Waals surface area contributed by atoms with Crippen LogP contribution in [0.5, 0.6) is 0 Å². The van der Waals surface area contributed by atoms with Gasteiger partial charge in [0.15, 0.2) is 0 Å². The smallest absolute Gasteiger partial charge is 0.264 e. The second-order valence-corrected chi connectivity index (χ2v) is 8.02. The van der Waals surface area contributed by atoms with Crippen molar-refractivity contribution in [2.75, 3.05) is 4.31 Å². The van der Waals surface area contributed by atoms with Gasteiger partial charge in [-0.3, -0.25) is 9.40 Å². The fraction of sp³-hybridized carbons (Fsp3) is 0.0588. The van der Waals surface area contributed by atoms with Crippen molar-refractivity contribution in [2.45, 2.75) is 11.4 Å². The summed E-state index contributed by atoms with van der Waals surface area (Å²) in [5.41, 5.74) is 1.52. The van der Waals surface area contributed by atoms with Crippen molar-refractivity contribution in [3.63, 3.8) is 0 Å². The van der Waals surface area contributed by atoms with Crippen molar-refractivity contribution in [2.24, 2.45) is 0 Å². The Morgan fingerprint density at radius 2 is 2.00 bits per heavy atom. The first-order valence-electron chi connectivity index (χ1n) is 7.27. The van der Waals surface area contributed by atoms with E-state index in [2.05, 4.69) is 26.1 Å². The van der Waals surface area contributed by atoms with E-state index in [-0.39, 0.29) is 17.0 Å². The van der Waals surface area contributed by atoms with E-state index in [9.17, 15) is 8.42 Å². The Labute approximate surface area is 153 Å². The van der Waals surface area contributed by atoms with Gasteiger partial charge in [-0.1, -0.05) is 34.1 Å². The molecule has 1 heterocycles. The van der Waals surface area contributed by atoms with E-state index in [1.54, 1.807) is 12.1 Å². The number of nitrogens with zero attached hydrogens (tertiary/aromatic N) is 3. The molecule has 0 fully saturated rings. The van der Waals surface area contributed by atoms with Gasteiger partial charge in [0.25, 0.3) is 10.0 Å². The average Bonchev–Trinajstić information content (AvgIpc) is 3.14. The predicted octanol–water partition coefficient (Wildman–Crippen LogP) is 3.44. The first-order valence-corrected chi connectivity index (χ1v) is 9.50. The third-order valence-corrected chi connectivity index (χ3v) is 5.80. The summed E-state index contributed by atoms with van der Waals surface area (Å²) in [4.78, 5) is 0.0581. The van der Waals surface area contributed by atoms with E-state index in [4.69, 9.17) is 5.26 Å². The van der Waals surface area contributed by atoms with Gasteiger partial charge in [0, 0.05) is 10.7 Å². The minimum atomic E-state index is -3.86. The average molecular weight is 417 g/mol. The summed E-state index contributed by atoms with van der Waals surface area (Å²) in [6.45, 7) is 0.137. The first kappa shape index (κ1) is 17.2. The SMILES string of the molecule is N#Cc1cccc(S(=O)(=O)N(Cc2cccc(Br)c2)c2cn[nH]c2)c1. The number of aromatic nitrogens is 2. The zero-order valence-electron chi connectivity index (χ0n) is 12.9. The van der Waals surface area contributed by atoms with Gasteiger partial charge < -0.3 is 0 Å². The summed E-state index contributed by atoms with van der Waals surface area (Å²) >= 11 is 3.39. The van der Waals surface area contributed by atoms with Crippen LogP contribution in [-0.2, 0) is 16.6 Å². The Morgan fingerprint density at radius 3 is 2.68 bits per heavy atom. The number of aromatic amines is 1. The molecule has 2 aromatic carbocycles. The normalized spacial score (nSPS) is 11.0. The maximum absolute atomic E-state index is 13.2. The summed E-state index contributed by atoms with van der Waals surface area (Å²) in [5, 5.41) is 15.5. The van der Waals surface area contributed by atoms with Crippen LogP contribution in [0.3, 0.4) is 0 Å². The number of benzene rings is 2. The Hall–Kier alpha value is -2.63. The van der Waals surface area contributed by atoms with E-state index in [1.807, 2.05) is 30.3 Å². The highest BCUT2D eigenvalue weighted by Crippen LogP contribution is 2.26. The van der Waals surface area contributed by atoms with Crippen LogP contribution in [-0.4, -0.2) is 18.6 Å². The van der Waals surface area contributed by atoms with Gasteiger partial charge in [-0.15, -0.1) is 0 Å². The summed E-state index contributed by atoms with van der Waals surface area (Å²) in [6, 6.07) is 15.3. The first-order chi connectivity index (χ1) is 12.0. The van der Waals surface area contributed by atoms with Crippen molar-refractivity contribution in [1.82, 2.24) is 10.2 Å². The molecule has 8 heteroatoms. The van der Waals surface area contributed by atoms with Gasteiger partial charge in [-0.05, 0) is 35.9 Å². The van der Waals surface area contributed by atoms with E-state index < -0.39 is 10.0 Å². The van der Waals surface area contributed by atoms with Crippen LogP contribution in [0.25, 0.3) is 0 Å². The molecule has 0 spiro atoms. The van der Waals surface area contributed by atoms with E-state index in [0.29, 0.717) is 5.69 Å². The molecule has 0 atom stereocenters. The van der Waals surface area contributed by atoms with Crippen LogP contribution in [0, 0.1) is 11.3 Å². The molecule has 3 rings (SSSR count). The number of rotatable bonds is 5. The highest BCUT2D eigenvalue weighted by atomic mass is 79.9. The van der Waals surface area contributed by atoms with Crippen LogP contribution in [0.4, 0.5) is 5.69 Å². The molecule has 6 nitrogen and oxygen atoms in total. The number of nitrogens with one attached hydrogen (secondary N) is 1. The summed E-state index contributed by atoms with van der Waals surface area (Å²) < 4.78 is 28.4. The number of H-pyrrole nitrogens is 1. The van der Waals surface area contributed by atoms with Crippen molar-refractivity contribution in [3.05, 3.63) is 76.5 Å². The highest BCUT2D eigenvalue weighted by molar-refractivity contribution is 9.10. The molecule has 0 unspecified atom stereocenters. The molecule has 25 heavy (non-hydrogen) atoms. The predicted molar refractivity (Wildman–Crippen MR) is 97.3 cm³/mol. The molecule has 0 saturated heterocycles. The number of anilines is 1. The maximum atomic E-state index is 13.2. The lowest BCUT2D eigenvalue weighted by molar-refractivity contribution is 0.590. The fourth-order valence-corrected chi connectivity index (χ4v) is 4.27. The Kier molecular flexibility index (Phi) is 4.88. The van der Waals surface area contributed by atoms with Gasteiger partial charge >= 0.3 is 0 Å². The number of halogens is 1. The lowest BCUT2D eigenvalue weighted by Gasteiger charge is -2.23. The molecule has 0 bridgehead atoms. The molecule has 1 aromatic heterocycles. The third-order valence-electron chi connectivity index (χ3n) is 3.54. The Morgan fingerprint density at radius 1 is 1.20 bits per heavy atom. The molecule has 0 aliphatic rings. The molecule has 126 valence electrons. The van der Waals surface area contributed by atoms with Crippen LogP contribution in [0.2, 0.25) is 0 Å². The number of hydrogen-bond donors (Lipinski definition) is 1. The zero-order valence-corrected chi connectivity index (χ0v) is 15.3. The van der Waals surface area contributed by atoms with E-state index in [0.717, 1.165) is 10.0 Å². The second kappa shape index (κ2) is 7.09. The molecule has 0 aliphatic carbocycles. The highest BCUT2D eigenvalue weighted by Gasteiger charge is 2.26. The zero-order chi connectivity index (χ0) is 17.9. The van der Waals surface area contributed by atoms with Crippen molar-refractivity contribution < 1.29 is 8.42 Å². The molecule has 0 aliphatic heterocycles. The number of sulfonamides is 1. The minimum absolute atomic E-state index is 0.0581. The van der Waals surface area contributed by atoms with E-state index >= 15 is 0 Å². The molecular formula is C17H13BrN4O2S. The molecule has 0 amide bonds. The maximum Gasteiger partial charge on any atom is 0.264 e. The second-order valence-electron chi connectivity index (χ2n) is 5.24. The third kappa shape index (κ3) is 3.73. The molecule has 3 aromatic rings. The molecule has 0 radical (unpaired) electrons. The summed E-state index contributed by atoms with van der Waals surface area (Å²) in [7, 11) is -3.86. The van der Waals surface area contributed by atoms with Crippen LogP contribution < -0.4 is 4.31 Å². The largest absolute Gasteiger partial charge is 0.284 e. The summed E-state index contributed by atoms with van der Waals surface area (Å²) in [6.07, 6.45) is 2.97. The van der Waals surface area contributed by atoms with Gasteiger partial charge in [-0.2, -0.15) is 10.4 Å². The van der Waals surface area contributed by atoms with Crippen LogP contribution >= 0.6 is 15.9 Å². The van der Waals surface area contributed by atoms with Crippen LogP contribution in [0.15, 0.2) is 70.3 Å². The fourth-order valence-electron chi connectivity index (χ4n) is 2.35. The van der Waals surface area contributed by atoms with Crippen molar-refractivity contribution in [1.29, 1.82) is 5.26 Å². The minimum Gasteiger partial charge on any atom is -0.284 e. The monoisotopic (exact) mass is 416 g/mol. The molecular weight excluding hydrogens is 404 g/mol. The van der Waals surface area contributed by atoms with Gasteiger partial charge in [-0.25, -0.2) is 8.42 Å². The molecule has 0 saturated carbocycles. The van der Waals surface area contributed by atoms with E-state index in [1.165, 1.54) is 28.8 Å². The van der Waals surface area contributed by atoms with Gasteiger partial charge in [0.05, 0.1) is 35.0 Å². The van der Waals surface area contributed by atoms with Crippen LogP contribution in [0.1, 0.15) is 11.1 Å². The van der Waals surface area contributed by atoms with Crippen molar-refractivity contribution in [3.8, 4) is 6.07 Å². The summed E-state index contributed by atoms with van der Waals surface area (Å²) in [5.74, 6) is 0. The molecule has 1 N–H and O–H groups in total. The Balaban J connectivity index is 2.06. The quantitative estimate of drug-likeness (QED) is 0.689. The van der Waals surface area contributed by atoms with Crippen molar-refractivity contribution >= 4 is 31.6 Å². The lowest BCUT2D eigenvalue weighted by Crippen LogP contribution is -2.30. The number of nitriles is 1. The Bertz CT molecular complexity index is 1030. The topological polar surface area (TPSA) is 89.8 Å².